The van der Waals surface area contributed by atoms with Gasteiger partial charge in [-0.2, -0.15) is 0 Å². The topological polar surface area (TPSA) is 12.0 Å². The van der Waals surface area contributed by atoms with Gasteiger partial charge in [-0.15, -0.1) is 11.6 Å². The second-order valence-electron chi connectivity index (χ2n) is 3.28. The van der Waals surface area contributed by atoms with Crippen LogP contribution in [0.3, 0.4) is 0 Å². The fourth-order valence-corrected chi connectivity index (χ4v) is 1.35. The molecule has 1 atom stereocenters. The smallest absolute Gasteiger partial charge is 0.0238 e. The Balaban J connectivity index is 3.51. The molecule has 0 heterocycles. The highest BCUT2D eigenvalue weighted by atomic mass is 35.5. The summed E-state index contributed by atoms with van der Waals surface area (Å²) in [6.45, 7) is 7.77. The molecule has 0 radical (unpaired) electrons. The zero-order valence-electron chi connectivity index (χ0n) is 7.86. The van der Waals surface area contributed by atoms with Crippen LogP contribution in [0.1, 0.15) is 33.6 Å². The van der Waals surface area contributed by atoms with Crippen molar-refractivity contribution in [2.75, 3.05) is 12.4 Å². The summed E-state index contributed by atoms with van der Waals surface area (Å²) in [7, 11) is 0. The first-order valence-corrected chi connectivity index (χ1v) is 5.05. The van der Waals surface area contributed by atoms with Gasteiger partial charge in [-0.05, 0) is 25.3 Å². The molecule has 1 unspecified atom stereocenters. The Morgan fingerprint density at radius 3 is 2.36 bits per heavy atom. The van der Waals surface area contributed by atoms with E-state index in [-0.39, 0.29) is 0 Å². The lowest BCUT2D eigenvalue weighted by Gasteiger charge is -2.20. The van der Waals surface area contributed by atoms with Crippen LogP contribution in [0.4, 0.5) is 0 Å². The van der Waals surface area contributed by atoms with Gasteiger partial charge in [0.15, 0.2) is 0 Å². The molecule has 1 nitrogen and oxygen atoms in total. The van der Waals surface area contributed by atoms with Gasteiger partial charge in [-0.1, -0.05) is 20.8 Å². The van der Waals surface area contributed by atoms with Gasteiger partial charge in [-0.25, -0.2) is 0 Å². The maximum atomic E-state index is 5.68. The van der Waals surface area contributed by atoms with Gasteiger partial charge in [0.05, 0.1) is 0 Å². The number of alkyl halides is 1. The standard InChI is InChI=1S/C9H20ClN/c1-4-7-11-9(5-6-10)8(2)3/h8-9,11H,4-7H2,1-3H3. The van der Waals surface area contributed by atoms with E-state index in [1.54, 1.807) is 0 Å². The monoisotopic (exact) mass is 177 g/mol. The van der Waals surface area contributed by atoms with Gasteiger partial charge in [-0.3, -0.25) is 0 Å². The second kappa shape index (κ2) is 6.93. The zero-order valence-corrected chi connectivity index (χ0v) is 8.62. The van der Waals surface area contributed by atoms with Crippen LogP contribution in [0.25, 0.3) is 0 Å². The van der Waals surface area contributed by atoms with Crippen LogP contribution in [0.15, 0.2) is 0 Å². The normalized spacial score (nSPS) is 13.9. The summed E-state index contributed by atoms with van der Waals surface area (Å²) in [6.07, 6.45) is 2.28. The largest absolute Gasteiger partial charge is 0.314 e. The highest BCUT2D eigenvalue weighted by Gasteiger charge is 2.10. The van der Waals surface area contributed by atoms with Gasteiger partial charge in [0, 0.05) is 11.9 Å². The molecule has 1 N–H and O–H groups in total. The van der Waals surface area contributed by atoms with Gasteiger partial charge in [0.2, 0.25) is 0 Å². The van der Waals surface area contributed by atoms with Gasteiger partial charge >= 0.3 is 0 Å². The van der Waals surface area contributed by atoms with Gasteiger partial charge in [0.1, 0.15) is 0 Å². The van der Waals surface area contributed by atoms with Crippen LogP contribution >= 0.6 is 11.6 Å². The van der Waals surface area contributed by atoms with Gasteiger partial charge < -0.3 is 5.32 Å². The van der Waals surface area contributed by atoms with Crippen LogP contribution < -0.4 is 5.32 Å². The third-order valence-corrected chi connectivity index (χ3v) is 2.10. The first-order chi connectivity index (χ1) is 5.22. The average Bonchev–Trinajstić information content (AvgIpc) is 1.97. The molecule has 68 valence electrons. The lowest BCUT2D eigenvalue weighted by molar-refractivity contribution is 0.391. The fourth-order valence-electron chi connectivity index (χ4n) is 1.12. The Bertz CT molecular complexity index is 83.6. The number of nitrogens with one attached hydrogen (secondary N) is 1. The molecule has 0 bridgehead atoms. The minimum Gasteiger partial charge on any atom is -0.314 e. The van der Waals surface area contributed by atoms with Crippen LogP contribution in [0.2, 0.25) is 0 Å². The van der Waals surface area contributed by atoms with E-state index in [4.69, 9.17) is 11.6 Å². The fraction of sp³-hybridized carbons (Fsp3) is 1.00. The van der Waals surface area contributed by atoms with Crippen molar-refractivity contribution in [1.29, 1.82) is 0 Å². The molecule has 0 aromatic carbocycles. The molecule has 11 heavy (non-hydrogen) atoms. The molecule has 0 aromatic heterocycles. The lowest BCUT2D eigenvalue weighted by Crippen LogP contribution is -2.34. The van der Waals surface area contributed by atoms with Crippen molar-refractivity contribution in [3.05, 3.63) is 0 Å². The molecular weight excluding hydrogens is 158 g/mol. The molecule has 0 spiro atoms. The van der Waals surface area contributed by atoms with Crippen molar-refractivity contribution in [1.82, 2.24) is 5.32 Å². The Hall–Kier alpha value is 0.250. The molecule has 2 heteroatoms. The molecule has 0 saturated heterocycles. The van der Waals surface area contributed by atoms with Crippen molar-refractivity contribution in [2.24, 2.45) is 5.92 Å². The third kappa shape index (κ3) is 5.51. The van der Waals surface area contributed by atoms with E-state index in [0.29, 0.717) is 12.0 Å². The lowest BCUT2D eigenvalue weighted by atomic mass is 10.0. The Morgan fingerprint density at radius 2 is 2.00 bits per heavy atom. The summed E-state index contributed by atoms with van der Waals surface area (Å²) in [4.78, 5) is 0. The molecule has 0 aliphatic rings. The van der Waals surface area contributed by atoms with Crippen LogP contribution in [-0.4, -0.2) is 18.5 Å². The predicted octanol–water partition coefficient (Wildman–Crippen LogP) is 2.64. The highest BCUT2D eigenvalue weighted by molar-refractivity contribution is 6.17. The summed E-state index contributed by atoms with van der Waals surface area (Å²) in [5, 5.41) is 3.49. The van der Waals surface area contributed by atoms with Crippen molar-refractivity contribution >= 4 is 11.6 Å². The van der Waals surface area contributed by atoms with E-state index in [2.05, 4.69) is 26.1 Å². The molecule has 0 aliphatic carbocycles. The predicted molar refractivity (Wildman–Crippen MR) is 52.3 cm³/mol. The summed E-state index contributed by atoms with van der Waals surface area (Å²) >= 11 is 5.68. The van der Waals surface area contributed by atoms with Gasteiger partial charge in [0.25, 0.3) is 0 Å². The van der Waals surface area contributed by atoms with Crippen molar-refractivity contribution in [3.8, 4) is 0 Å². The maximum Gasteiger partial charge on any atom is 0.0238 e. The SMILES string of the molecule is CCCNC(CCCl)C(C)C. The summed E-state index contributed by atoms with van der Waals surface area (Å²) in [6, 6.07) is 0.604. The molecule has 0 aliphatic heterocycles. The van der Waals surface area contributed by atoms with E-state index in [9.17, 15) is 0 Å². The average molecular weight is 178 g/mol. The molecule has 0 fully saturated rings. The third-order valence-electron chi connectivity index (χ3n) is 1.88. The molecular formula is C9H20ClN. The Kier molecular flexibility index (Phi) is 7.09. The zero-order chi connectivity index (χ0) is 8.69. The minimum absolute atomic E-state index is 0.604. The van der Waals surface area contributed by atoms with Crippen molar-refractivity contribution < 1.29 is 0 Å². The number of hydrogen-bond donors (Lipinski definition) is 1. The minimum atomic E-state index is 0.604. The maximum absolute atomic E-state index is 5.68. The molecule has 0 saturated carbocycles. The first-order valence-electron chi connectivity index (χ1n) is 4.51. The number of rotatable bonds is 6. The van der Waals surface area contributed by atoms with E-state index < -0.39 is 0 Å². The van der Waals surface area contributed by atoms with E-state index in [0.717, 1.165) is 18.8 Å². The highest BCUT2D eigenvalue weighted by Crippen LogP contribution is 2.06. The van der Waals surface area contributed by atoms with E-state index in [1.807, 2.05) is 0 Å². The summed E-state index contributed by atoms with van der Waals surface area (Å²) < 4.78 is 0. The summed E-state index contributed by atoms with van der Waals surface area (Å²) in [5.74, 6) is 1.46. The van der Waals surface area contributed by atoms with Crippen LogP contribution in [0.5, 0.6) is 0 Å². The van der Waals surface area contributed by atoms with Crippen LogP contribution in [-0.2, 0) is 0 Å². The quantitative estimate of drug-likeness (QED) is 0.616. The van der Waals surface area contributed by atoms with Crippen molar-refractivity contribution in [3.63, 3.8) is 0 Å². The Labute approximate surface area is 75.5 Å². The molecule has 0 aromatic rings. The number of hydrogen-bond acceptors (Lipinski definition) is 1. The van der Waals surface area contributed by atoms with E-state index >= 15 is 0 Å². The van der Waals surface area contributed by atoms with Crippen molar-refractivity contribution in [2.45, 2.75) is 39.7 Å². The Morgan fingerprint density at radius 1 is 1.36 bits per heavy atom. The molecule has 0 amide bonds. The second-order valence-corrected chi connectivity index (χ2v) is 3.66. The molecule has 0 rings (SSSR count). The number of halogens is 1. The summed E-state index contributed by atoms with van der Waals surface area (Å²) in [5.41, 5.74) is 0. The van der Waals surface area contributed by atoms with E-state index in [1.165, 1.54) is 6.42 Å². The van der Waals surface area contributed by atoms with Crippen LogP contribution in [0, 0.1) is 5.92 Å². The first kappa shape index (κ1) is 11.2.